The van der Waals surface area contributed by atoms with Crippen LogP contribution >= 0.6 is 11.6 Å². The van der Waals surface area contributed by atoms with Crippen LogP contribution in [-0.4, -0.2) is 35.7 Å². The third-order valence-corrected chi connectivity index (χ3v) is 3.70. The fourth-order valence-corrected chi connectivity index (χ4v) is 2.18. The van der Waals surface area contributed by atoms with Crippen molar-refractivity contribution in [2.45, 2.75) is 25.8 Å². The molecule has 0 aliphatic rings. The SMILES string of the molecule is CC(OC(=O)c1ccc(COCC(F)(F)F)cc1)C(=O)Nc1cccnc1Cl. The molecule has 0 radical (unpaired) electrons. The van der Waals surface area contributed by atoms with Crippen molar-refractivity contribution in [3.05, 3.63) is 58.9 Å². The first-order valence-electron chi connectivity index (χ1n) is 8.01. The number of amides is 1. The first-order valence-corrected chi connectivity index (χ1v) is 8.39. The number of anilines is 1. The number of hydrogen-bond donors (Lipinski definition) is 1. The minimum absolute atomic E-state index is 0.0951. The van der Waals surface area contributed by atoms with Crippen molar-refractivity contribution in [1.82, 2.24) is 4.98 Å². The van der Waals surface area contributed by atoms with E-state index in [1.807, 2.05) is 0 Å². The number of esters is 1. The van der Waals surface area contributed by atoms with E-state index in [-0.39, 0.29) is 23.0 Å². The Morgan fingerprint density at radius 3 is 2.50 bits per heavy atom. The number of hydrogen-bond acceptors (Lipinski definition) is 5. The molecule has 1 amide bonds. The quantitative estimate of drug-likeness (QED) is 0.545. The normalized spacial score (nSPS) is 12.3. The molecule has 6 nitrogen and oxygen atoms in total. The molecule has 2 aromatic rings. The van der Waals surface area contributed by atoms with Gasteiger partial charge in [-0.25, -0.2) is 9.78 Å². The van der Waals surface area contributed by atoms with E-state index in [1.165, 1.54) is 37.4 Å². The highest BCUT2D eigenvalue weighted by Crippen LogP contribution is 2.18. The summed E-state index contributed by atoms with van der Waals surface area (Å²) >= 11 is 5.84. The van der Waals surface area contributed by atoms with Gasteiger partial charge in [0.1, 0.15) is 6.61 Å². The van der Waals surface area contributed by atoms with Crippen LogP contribution in [0.5, 0.6) is 0 Å². The summed E-state index contributed by atoms with van der Waals surface area (Å²) in [4.78, 5) is 28.0. The predicted octanol–water partition coefficient (Wildman–Crippen LogP) is 4.00. The third-order valence-electron chi connectivity index (χ3n) is 3.39. The summed E-state index contributed by atoms with van der Waals surface area (Å²) in [6, 6.07) is 8.74. The molecule has 1 heterocycles. The number of aromatic nitrogens is 1. The lowest BCUT2D eigenvalue weighted by Gasteiger charge is -2.14. The second-order valence-corrected chi connectivity index (χ2v) is 6.04. The van der Waals surface area contributed by atoms with Crippen LogP contribution in [0.25, 0.3) is 0 Å². The lowest BCUT2D eigenvalue weighted by atomic mass is 10.1. The minimum atomic E-state index is -4.40. The Hall–Kier alpha value is -2.65. The van der Waals surface area contributed by atoms with Crippen LogP contribution in [0.3, 0.4) is 0 Å². The molecule has 0 saturated heterocycles. The standard InChI is InChI=1S/C18H16ClF3N2O4/c1-11(16(25)24-14-3-2-8-23-15(14)19)28-17(26)13-6-4-12(5-7-13)9-27-10-18(20,21)22/h2-8,11H,9-10H2,1H3,(H,24,25). The smallest absolute Gasteiger partial charge is 0.411 e. The number of benzene rings is 1. The van der Waals surface area contributed by atoms with Crippen molar-refractivity contribution in [3.63, 3.8) is 0 Å². The zero-order valence-electron chi connectivity index (χ0n) is 14.6. The van der Waals surface area contributed by atoms with Gasteiger partial charge < -0.3 is 14.8 Å². The Morgan fingerprint density at radius 2 is 1.89 bits per heavy atom. The monoisotopic (exact) mass is 416 g/mol. The van der Waals surface area contributed by atoms with E-state index in [0.717, 1.165) is 0 Å². The molecule has 2 rings (SSSR count). The minimum Gasteiger partial charge on any atom is -0.449 e. The second-order valence-electron chi connectivity index (χ2n) is 5.68. The molecule has 1 aromatic carbocycles. The first-order chi connectivity index (χ1) is 13.2. The van der Waals surface area contributed by atoms with Gasteiger partial charge in [-0.15, -0.1) is 0 Å². The third kappa shape index (κ3) is 6.82. The van der Waals surface area contributed by atoms with Crippen LogP contribution in [0, 0.1) is 0 Å². The van der Waals surface area contributed by atoms with Crippen molar-refractivity contribution >= 4 is 29.2 Å². The highest BCUT2D eigenvalue weighted by molar-refractivity contribution is 6.32. The van der Waals surface area contributed by atoms with Crippen LogP contribution in [0.15, 0.2) is 42.6 Å². The summed E-state index contributed by atoms with van der Waals surface area (Å²) < 4.78 is 45.8. The van der Waals surface area contributed by atoms with Crippen molar-refractivity contribution in [3.8, 4) is 0 Å². The Labute approximate surface area is 163 Å². The molecule has 1 N–H and O–H groups in total. The molecule has 0 fully saturated rings. The summed E-state index contributed by atoms with van der Waals surface area (Å²) in [7, 11) is 0. The second kappa shape index (κ2) is 9.52. The Balaban J connectivity index is 1.87. The number of nitrogens with zero attached hydrogens (tertiary/aromatic N) is 1. The molecule has 28 heavy (non-hydrogen) atoms. The van der Waals surface area contributed by atoms with E-state index >= 15 is 0 Å². The van der Waals surface area contributed by atoms with Gasteiger partial charge in [0.15, 0.2) is 11.3 Å². The molecule has 0 saturated carbocycles. The van der Waals surface area contributed by atoms with Crippen molar-refractivity contribution in [2.75, 3.05) is 11.9 Å². The van der Waals surface area contributed by atoms with Crippen molar-refractivity contribution in [1.29, 1.82) is 0 Å². The van der Waals surface area contributed by atoms with Gasteiger partial charge in [-0.2, -0.15) is 13.2 Å². The molecule has 1 aromatic heterocycles. The van der Waals surface area contributed by atoms with Crippen LogP contribution in [0.2, 0.25) is 5.15 Å². The highest BCUT2D eigenvalue weighted by atomic mass is 35.5. The summed E-state index contributed by atoms with van der Waals surface area (Å²) in [5.74, 6) is -1.36. The topological polar surface area (TPSA) is 77.5 Å². The van der Waals surface area contributed by atoms with Gasteiger partial charge in [-0.1, -0.05) is 23.7 Å². The maximum atomic E-state index is 12.1. The van der Waals surface area contributed by atoms with Gasteiger partial charge in [0.05, 0.1) is 17.9 Å². The van der Waals surface area contributed by atoms with E-state index in [4.69, 9.17) is 16.3 Å². The molecule has 1 unspecified atom stereocenters. The predicted molar refractivity (Wildman–Crippen MR) is 94.9 cm³/mol. The molecule has 0 aliphatic carbocycles. The largest absolute Gasteiger partial charge is 0.449 e. The molecule has 0 aliphatic heterocycles. The van der Waals surface area contributed by atoms with Gasteiger partial charge in [-0.05, 0) is 36.8 Å². The van der Waals surface area contributed by atoms with Crippen molar-refractivity contribution in [2.24, 2.45) is 0 Å². The lowest BCUT2D eigenvalue weighted by molar-refractivity contribution is -0.176. The van der Waals surface area contributed by atoms with Crippen LogP contribution in [0.1, 0.15) is 22.8 Å². The van der Waals surface area contributed by atoms with Crippen LogP contribution < -0.4 is 5.32 Å². The zero-order chi connectivity index (χ0) is 20.7. The number of pyridine rings is 1. The average molecular weight is 417 g/mol. The molecule has 150 valence electrons. The molecule has 1 atom stereocenters. The lowest BCUT2D eigenvalue weighted by Crippen LogP contribution is -2.30. The maximum Gasteiger partial charge on any atom is 0.411 e. The number of halogens is 4. The Morgan fingerprint density at radius 1 is 1.21 bits per heavy atom. The fourth-order valence-electron chi connectivity index (χ4n) is 2.02. The summed E-state index contributed by atoms with van der Waals surface area (Å²) in [5, 5.41) is 2.59. The molecule has 0 spiro atoms. The first kappa shape index (κ1) is 21.6. The summed E-state index contributed by atoms with van der Waals surface area (Å²) in [6.45, 7) is -0.221. The summed E-state index contributed by atoms with van der Waals surface area (Å²) in [6.07, 6.45) is -4.06. The number of alkyl halides is 3. The van der Waals surface area contributed by atoms with E-state index < -0.39 is 30.8 Å². The van der Waals surface area contributed by atoms with Gasteiger partial charge in [0.2, 0.25) is 0 Å². The average Bonchev–Trinajstić information content (AvgIpc) is 2.63. The van der Waals surface area contributed by atoms with Gasteiger partial charge in [-0.3, -0.25) is 4.79 Å². The number of nitrogens with one attached hydrogen (secondary N) is 1. The van der Waals surface area contributed by atoms with Crippen LogP contribution in [0.4, 0.5) is 18.9 Å². The molecule has 10 heteroatoms. The van der Waals surface area contributed by atoms with E-state index in [2.05, 4.69) is 15.0 Å². The number of carbonyl (C=O) groups is 2. The molecule has 0 bridgehead atoms. The number of ether oxygens (including phenoxy) is 2. The summed E-state index contributed by atoms with van der Waals surface area (Å²) in [5.41, 5.74) is 0.872. The van der Waals surface area contributed by atoms with E-state index in [9.17, 15) is 22.8 Å². The zero-order valence-corrected chi connectivity index (χ0v) is 15.4. The van der Waals surface area contributed by atoms with Gasteiger partial charge in [0, 0.05) is 6.20 Å². The van der Waals surface area contributed by atoms with E-state index in [0.29, 0.717) is 5.56 Å². The van der Waals surface area contributed by atoms with Crippen molar-refractivity contribution < 1.29 is 32.2 Å². The number of rotatable bonds is 7. The van der Waals surface area contributed by atoms with Crippen LogP contribution in [-0.2, 0) is 20.9 Å². The fraction of sp³-hybridized carbons (Fsp3) is 0.278. The van der Waals surface area contributed by atoms with Gasteiger partial charge in [0.25, 0.3) is 5.91 Å². The van der Waals surface area contributed by atoms with Gasteiger partial charge >= 0.3 is 12.1 Å². The Bertz CT molecular complexity index is 828. The highest BCUT2D eigenvalue weighted by Gasteiger charge is 2.27. The van der Waals surface area contributed by atoms with E-state index in [1.54, 1.807) is 12.1 Å². The maximum absolute atomic E-state index is 12.1. The molecular weight excluding hydrogens is 401 g/mol. The number of carbonyl (C=O) groups excluding carboxylic acids is 2. The molecular formula is C18H16ClF3N2O4. The Kier molecular flexibility index (Phi) is 7.36.